The number of carbonyl (C=O) groups is 1. The maximum atomic E-state index is 12.7. The minimum atomic E-state index is -4.40. The molecule has 2 heterocycles. The van der Waals surface area contributed by atoms with Crippen LogP contribution in [0.2, 0.25) is 0 Å². The SMILES string of the molecule is Cc1nn(-c2ccc(C(F)(F)F)cc2)nc1COc1ccc2c(ccn2CC(=O)O)c1. The number of carboxylic acid groups (broad SMARTS) is 1. The molecule has 4 aromatic rings. The molecule has 160 valence electrons. The van der Waals surface area contributed by atoms with Crippen LogP contribution >= 0.6 is 0 Å². The van der Waals surface area contributed by atoms with Gasteiger partial charge in [0.25, 0.3) is 0 Å². The molecule has 0 aliphatic heterocycles. The van der Waals surface area contributed by atoms with Crippen LogP contribution in [0.5, 0.6) is 5.75 Å². The van der Waals surface area contributed by atoms with Crippen molar-refractivity contribution in [3.05, 3.63) is 71.7 Å². The summed E-state index contributed by atoms with van der Waals surface area (Å²) >= 11 is 0. The fourth-order valence-corrected chi connectivity index (χ4v) is 3.14. The summed E-state index contributed by atoms with van der Waals surface area (Å²) in [6.07, 6.45) is -2.71. The van der Waals surface area contributed by atoms with Crippen molar-refractivity contribution < 1.29 is 27.8 Å². The van der Waals surface area contributed by atoms with E-state index in [9.17, 15) is 18.0 Å². The van der Waals surface area contributed by atoms with Crippen molar-refractivity contribution in [2.45, 2.75) is 26.3 Å². The lowest BCUT2D eigenvalue weighted by molar-refractivity contribution is -0.138. The number of hydrogen-bond acceptors (Lipinski definition) is 4. The number of alkyl halides is 3. The number of fused-ring (bicyclic) bond motifs is 1. The molecule has 0 spiro atoms. The Kier molecular flexibility index (Phi) is 5.14. The Balaban J connectivity index is 1.48. The summed E-state index contributed by atoms with van der Waals surface area (Å²) in [5.74, 6) is -0.353. The average Bonchev–Trinajstić information content (AvgIpc) is 3.28. The van der Waals surface area contributed by atoms with Crippen LogP contribution in [0.15, 0.2) is 54.7 Å². The van der Waals surface area contributed by atoms with Crippen molar-refractivity contribution in [2.75, 3.05) is 0 Å². The molecule has 0 aliphatic carbocycles. The molecule has 0 aliphatic rings. The first-order valence-electron chi connectivity index (χ1n) is 9.24. The van der Waals surface area contributed by atoms with E-state index in [1.165, 1.54) is 16.9 Å². The number of aromatic nitrogens is 4. The van der Waals surface area contributed by atoms with Gasteiger partial charge in [0.05, 0.1) is 16.9 Å². The molecule has 31 heavy (non-hydrogen) atoms. The lowest BCUT2D eigenvalue weighted by Gasteiger charge is -2.07. The van der Waals surface area contributed by atoms with E-state index in [2.05, 4.69) is 10.2 Å². The van der Waals surface area contributed by atoms with Gasteiger partial charge in [-0.05, 0) is 55.5 Å². The van der Waals surface area contributed by atoms with E-state index in [0.29, 0.717) is 22.8 Å². The lowest BCUT2D eigenvalue weighted by Crippen LogP contribution is -2.07. The Morgan fingerprint density at radius 3 is 2.52 bits per heavy atom. The highest BCUT2D eigenvalue weighted by Gasteiger charge is 2.30. The van der Waals surface area contributed by atoms with Crippen molar-refractivity contribution in [1.82, 2.24) is 19.6 Å². The zero-order valence-electron chi connectivity index (χ0n) is 16.3. The normalized spacial score (nSPS) is 11.7. The number of halogens is 3. The largest absolute Gasteiger partial charge is 0.487 e. The van der Waals surface area contributed by atoms with Gasteiger partial charge in [0.15, 0.2) is 0 Å². The minimum absolute atomic E-state index is 0.119. The third-order valence-corrected chi connectivity index (χ3v) is 4.73. The molecule has 1 N–H and O–H groups in total. The number of benzene rings is 2. The first kappa shape index (κ1) is 20.5. The van der Waals surface area contributed by atoms with E-state index in [0.717, 1.165) is 23.0 Å². The molecule has 4 rings (SSSR count). The molecular formula is C21H17F3N4O3. The van der Waals surface area contributed by atoms with Gasteiger partial charge in [-0.15, -0.1) is 5.10 Å². The fourth-order valence-electron chi connectivity index (χ4n) is 3.14. The third-order valence-electron chi connectivity index (χ3n) is 4.73. The Morgan fingerprint density at radius 1 is 1.10 bits per heavy atom. The summed E-state index contributed by atoms with van der Waals surface area (Å²) in [5, 5.41) is 18.4. The van der Waals surface area contributed by atoms with Gasteiger partial charge >= 0.3 is 12.1 Å². The van der Waals surface area contributed by atoms with E-state index < -0.39 is 17.7 Å². The van der Waals surface area contributed by atoms with E-state index >= 15 is 0 Å². The highest BCUT2D eigenvalue weighted by atomic mass is 19.4. The van der Waals surface area contributed by atoms with Crippen LogP contribution in [0.25, 0.3) is 16.6 Å². The van der Waals surface area contributed by atoms with Gasteiger partial charge in [0.2, 0.25) is 0 Å². The first-order valence-corrected chi connectivity index (χ1v) is 9.24. The Labute approximate surface area is 174 Å². The second kappa shape index (κ2) is 7.78. The molecule has 0 radical (unpaired) electrons. The average molecular weight is 430 g/mol. The second-order valence-electron chi connectivity index (χ2n) is 6.91. The summed E-state index contributed by atoms with van der Waals surface area (Å²) in [6.45, 7) is 1.73. The van der Waals surface area contributed by atoms with Crippen LogP contribution in [0.1, 0.15) is 17.0 Å². The molecule has 0 unspecified atom stereocenters. The lowest BCUT2D eigenvalue weighted by atomic mass is 10.2. The first-order chi connectivity index (χ1) is 14.7. The second-order valence-corrected chi connectivity index (χ2v) is 6.91. The van der Waals surface area contributed by atoms with Crippen LogP contribution in [0.4, 0.5) is 13.2 Å². The van der Waals surface area contributed by atoms with Crippen molar-refractivity contribution in [2.24, 2.45) is 0 Å². The van der Waals surface area contributed by atoms with E-state index in [-0.39, 0.29) is 13.2 Å². The fraction of sp³-hybridized carbons (Fsp3) is 0.190. The summed E-state index contributed by atoms with van der Waals surface area (Å²) in [7, 11) is 0. The number of carboxylic acids is 1. The smallest absolute Gasteiger partial charge is 0.416 e. The van der Waals surface area contributed by atoms with Crippen LogP contribution in [0, 0.1) is 6.92 Å². The Bertz CT molecular complexity index is 1240. The molecule has 0 fully saturated rings. The minimum Gasteiger partial charge on any atom is -0.487 e. The summed E-state index contributed by atoms with van der Waals surface area (Å²) in [4.78, 5) is 12.2. The molecule has 7 nitrogen and oxygen atoms in total. The van der Waals surface area contributed by atoms with Crippen molar-refractivity contribution in [3.8, 4) is 11.4 Å². The molecule has 2 aromatic heterocycles. The maximum absolute atomic E-state index is 12.7. The molecular weight excluding hydrogens is 413 g/mol. The number of hydrogen-bond donors (Lipinski definition) is 1. The van der Waals surface area contributed by atoms with Crippen molar-refractivity contribution >= 4 is 16.9 Å². The highest BCUT2D eigenvalue weighted by Crippen LogP contribution is 2.29. The van der Waals surface area contributed by atoms with Crippen molar-refractivity contribution in [1.29, 1.82) is 0 Å². The molecule has 0 saturated heterocycles. The maximum Gasteiger partial charge on any atom is 0.416 e. The van der Waals surface area contributed by atoms with Crippen LogP contribution in [0.3, 0.4) is 0 Å². The molecule has 0 bridgehead atoms. The Hall–Kier alpha value is -3.82. The third kappa shape index (κ3) is 4.37. The molecule has 0 atom stereocenters. The topological polar surface area (TPSA) is 82.2 Å². The molecule has 10 heteroatoms. The van der Waals surface area contributed by atoms with Crippen LogP contribution in [-0.4, -0.2) is 30.6 Å². The van der Waals surface area contributed by atoms with Gasteiger partial charge in [-0.2, -0.15) is 23.1 Å². The van der Waals surface area contributed by atoms with Gasteiger partial charge < -0.3 is 14.4 Å². The predicted octanol–water partition coefficient (Wildman–Crippen LogP) is 4.21. The predicted molar refractivity (Wildman–Crippen MR) is 105 cm³/mol. The number of aliphatic carboxylic acids is 1. The monoisotopic (exact) mass is 430 g/mol. The summed E-state index contributed by atoms with van der Waals surface area (Å²) < 4.78 is 45.6. The van der Waals surface area contributed by atoms with Gasteiger partial charge in [0.1, 0.15) is 24.6 Å². The molecule has 2 aromatic carbocycles. The van der Waals surface area contributed by atoms with Gasteiger partial charge in [-0.1, -0.05) is 0 Å². The highest BCUT2D eigenvalue weighted by molar-refractivity contribution is 5.83. The number of ether oxygens (including phenoxy) is 1. The zero-order chi connectivity index (χ0) is 22.2. The summed E-state index contributed by atoms with van der Waals surface area (Å²) in [5.41, 5.74) is 1.58. The number of aryl methyl sites for hydroxylation is 1. The van der Waals surface area contributed by atoms with E-state index in [1.54, 1.807) is 42.0 Å². The van der Waals surface area contributed by atoms with E-state index in [4.69, 9.17) is 9.84 Å². The molecule has 0 amide bonds. The van der Waals surface area contributed by atoms with Gasteiger partial charge in [-0.3, -0.25) is 4.79 Å². The Morgan fingerprint density at radius 2 is 1.84 bits per heavy atom. The quantitative estimate of drug-likeness (QED) is 0.496. The summed E-state index contributed by atoms with van der Waals surface area (Å²) in [6, 6.07) is 11.7. The molecule has 0 saturated carbocycles. The van der Waals surface area contributed by atoms with Crippen LogP contribution in [-0.2, 0) is 24.1 Å². The number of rotatable bonds is 6. The van der Waals surface area contributed by atoms with Crippen molar-refractivity contribution in [3.63, 3.8) is 0 Å². The van der Waals surface area contributed by atoms with E-state index in [1.807, 2.05) is 0 Å². The van der Waals surface area contributed by atoms with Gasteiger partial charge in [-0.25, -0.2) is 0 Å². The van der Waals surface area contributed by atoms with Gasteiger partial charge in [0, 0.05) is 17.1 Å². The van der Waals surface area contributed by atoms with Crippen LogP contribution < -0.4 is 4.74 Å². The zero-order valence-corrected chi connectivity index (χ0v) is 16.3. The number of nitrogens with zero attached hydrogens (tertiary/aromatic N) is 4. The standard InChI is InChI=1S/C21H17F3N4O3/c1-13-18(26-28(25-13)16-4-2-15(3-5-16)21(22,23)24)12-31-17-6-7-19-14(10-17)8-9-27(19)11-20(29)30/h2-10H,11-12H2,1H3,(H,29,30).